The Morgan fingerprint density at radius 3 is 2.93 bits per heavy atom. The fourth-order valence-electron chi connectivity index (χ4n) is 2.14. The van der Waals surface area contributed by atoms with Crippen molar-refractivity contribution in [3.05, 3.63) is 17.5 Å². The first-order chi connectivity index (χ1) is 7.29. The molecule has 0 aliphatic carbocycles. The summed E-state index contributed by atoms with van der Waals surface area (Å²) in [6.45, 7) is 2.22. The van der Waals surface area contributed by atoms with E-state index < -0.39 is 0 Å². The van der Waals surface area contributed by atoms with Crippen molar-refractivity contribution in [2.24, 2.45) is 13.0 Å². The van der Waals surface area contributed by atoms with Crippen molar-refractivity contribution < 1.29 is 4.79 Å². The molecule has 1 aromatic rings. The number of carbonyl (C=O) groups excluding carboxylic acids is 1. The Hall–Kier alpha value is -1.16. The Bertz CT molecular complexity index is 340. The van der Waals surface area contributed by atoms with Crippen LogP contribution in [0.3, 0.4) is 0 Å². The summed E-state index contributed by atoms with van der Waals surface area (Å²) in [7, 11) is 1.82. The normalized spacial score (nSPS) is 17.9. The van der Waals surface area contributed by atoms with E-state index in [9.17, 15) is 4.79 Å². The molecular weight excluding hydrogens is 190 g/mol. The molecule has 82 valence electrons. The molecule has 0 radical (unpaired) electrons. The Labute approximate surface area is 89.7 Å². The summed E-state index contributed by atoms with van der Waals surface area (Å²) in [5.74, 6) is 0.723. The summed E-state index contributed by atoms with van der Waals surface area (Å²) >= 11 is 0. The van der Waals surface area contributed by atoms with Gasteiger partial charge in [0.15, 0.2) is 6.29 Å². The van der Waals surface area contributed by atoms with Crippen LogP contribution in [0.25, 0.3) is 0 Å². The van der Waals surface area contributed by atoms with Gasteiger partial charge in [-0.3, -0.25) is 9.48 Å². The van der Waals surface area contributed by atoms with Crippen molar-refractivity contribution in [3.8, 4) is 0 Å². The number of nitrogens with one attached hydrogen (secondary N) is 1. The molecule has 4 nitrogen and oxygen atoms in total. The summed E-state index contributed by atoms with van der Waals surface area (Å²) in [6, 6.07) is 1.90. The molecule has 0 aromatic carbocycles. The average Bonchev–Trinajstić information content (AvgIpc) is 2.60. The molecule has 1 aliphatic heterocycles. The van der Waals surface area contributed by atoms with Crippen LogP contribution >= 0.6 is 0 Å². The molecule has 0 bridgehead atoms. The summed E-state index contributed by atoms with van der Waals surface area (Å²) in [5.41, 5.74) is 1.71. The second-order valence-electron chi connectivity index (χ2n) is 4.20. The van der Waals surface area contributed by atoms with Gasteiger partial charge in [0.1, 0.15) is 5.69 Å². The highest BCUT2D eigenvalue weighted by Gasteiger charge is 2.15. The third-order valence-corrected chi connectivity index (χ3v) is 3.04. The zero-order chi connectivity index (χ0) is 10.7. The van der Waals surface area contributed by atoms with Crippen LogP contribution in [0.4, 0.5) is 0 Å². The van der Waals surface area contributed by atoms with Gasteiger partial charge in [0.25, 0.3) is 0 Å². The number of aldehydes is 1. The predicted octanol–water partition coefficient (Wildman–Crippen LogP) is 0.775. The highest BCUT2D eigenvalue weighted by molar-refractivity contribution is 5.72. The van der Waals surface area contributed by atoms with Gasteiger partial charge in [0.05, 0.1) is 5.69 Å². The standard InChI is InChI=1S/C11H17N3O/c1-14-11(8-15)7-10(13-14)6-9-2-4-12-5-3-9/h7-9,12H,2-6H2,1H3. The van der Waals surface area contributed by atoms with Gasteiger partial charge in [0, 0.05) is 7.05 Å². The molecule has 15 heavy (non-hydrogen) atoms. The molecule has 0 atom stereocenters. The minimum absolute atomic E-state index is 0.666. The molecule has 1 saturated heterocycles. The van der Waals surface area contributed by atoms with Gasteiger partial charge in [0.2, 0.25) is 0 Å². The molecule has 1 fully saturated rings. The fourth-order valence-corrected chi connectivity index (χ4v) is 2.14. The van der Waals surface area contributed by atoms with E-state index in [4.69, 9.17) is 0 Å². The molecule has 1 aromatic heterocycles. The molecule has 2 rings (SSSR count). The second-order valence-corrected chi connectivity index (χ2v) is 4.20. The minimum Gasteiger partial charge on any atom is -0.317 e. The number of piperidine rings is 1. The van der Waals surface area contributed by atoms with E-state index in [1.54, 1.807) is 4.68 Å². The number of hydrogen-bond donors (Lipinski definition) is 1. The van der Waals surface area contributed by atoms with Crippen molar-refractivity contribution in [1.29, 1.82) is 0 Å². The first-order valence-electron chi connectivity index (χ1n) is 5.48. The minimum atomic E-state index is 0.666. The van der Waals surface area contributed by atoms with Gasteiger partial charge in [-0.1, -0.05) is 0 Å². The lowest BCUT2D eigenvalue weighted by Crippen LogP contribution is -2.28. The topological polar surface area (TPSA) is 46.9 Å². The van der Waals surface area contributed by atoms with Gasteiger partial charge in [-0.15, -0.1) is 0 Å². The predicted molar refractivity (Wildman–Crippen MR) is 57.9 cm³/mol. The largest absolute Gasteiger partial charge is 0.317 e. The van der Waals surface area contributed by atoms with Crippen LogP contribution in [0.15, 0.2) is 6.07 Å². The maximum atomic E-state index is 10.7. The van der Waals surface area contributed by atoms with Crippen molar-refractivity contribution >= 4 is 6.29 Å². The van der Waals surface area contributed by atoms with Crippen molar-refractivity contribution in [3.63, 3.8) is 0 Å². The van der Waals surface area contributed by atoms with Crippen LogP contribution < -0.4 is 5.32 Å². The Balaban J connectivity index is 2.00. The van der Waals surface area contributed by atoms with Crippen molar-refractivity contribution in [2.45, 2.75) is 19.3 Å². The fraction of sp³-hybridized carbons (Fsp3) is 0.636. The Morgan fingerprint density at radius 1 is 1.60 bits per heavy atom. The summed E-state index contributed by atoms with van der Waals surface area (Å²) in [5, 5.41) is 7.69. The van der Waals surface area contributed by atoms with E-state index in [2.05, 4.69) is 10.4 Å². The monoisotopic (exact) mass is 207 g/mol. The molecule has 1 N–H and O–H groups in total. The lowest BCUT2D eigenvalue weighted by molar-refractivity contribution is 0.111. The van der Waals surface area contributed by atoms with Crippen molar-refractivity contribution in [2.75, 3.05) is 13.1 Å². The van der Waals surface area contributed by atoms with Gasteiger partial charge < -0.3 is 5.32 Å². The van der Waals surface area contributed by atoms with Gasteiger partial charge in [-0.05, 0) is 44.3 Å². The van der Waals surface area contributed by atoms with Crippen LogP contribution in [-0.2, 0) is 13.5 Å². The molecule has 4 heteroatoms. The molecule has 0 amide bonds. The van der Waals surface area contributed by atoms with Crippen LogP contribution in [0.2, 0.25) is 0 Å². The number of hydrogen-bond acceptors (Lipinski definition) is 3. The summed E-state index contributed by atoms with van der Waals surface area (Å²) in [6.07, 6.45) is 4.29. The van der Waals surface area contributed by atoms with E-state index in [1.165, 1.54) is 12.8 Å². The number of nitrogens with zero attached hydrogens (tertiary/aromatic N) is 2. The van der Waals surface area contributed by atoms with Gasteiger partial charge in [-0.25, -0.2) is 0 Å². The van der Waals surface area contributed by atoms with E-state index >= 15 is 0 Å². The first-order valence-corrected chi connectivity index (χ1v) is 5.48. The highest BCUT2D eigenvalue weighted by atomic mass is 16.1. The SMILES string of the molecule is Cn1nc(CC2CCNCC2)cc1C=O. The quantitative estimate of drug-likeness (QED) is 0.745. The molecule has 0 saturated carbocycles. The Kier molecular flexibility index (Phi) is 3.16. The van der Waals surface area contributed by atoms with Crippen LogP contribution in [0, 0.1) is 5.92 Å². The molecule has 2 heterocycles. The molecule has 0 spiro atoms. The first kappa shape index (κ1) is 10.4. The van der Waals surface area contributed by atoms with Crippen LogP contribution in [0.1, 0.15) is 29.0 Å². The van der Waals surface area contributed by atoms with Gasteiger partial charge >= 0.3 is 0 Å². The zero-order valence-electron chi connectivity index (χ0n) is 9.07. The lowest BCUT2D eigenvalue weighted by Gasteiger charge is -2.21. The number of rotatable bonds is 3. The third-order valence-electron chi connectivity index (χ3n) is 3.04. The second kappa shape index (κ2) is 4.57. The molecule has 0 unspecified atom stereocenters. The third kappa shape index (κ3) is 2.45. The highest BCUT2D eigenvalue weighted by Crippen LogP contribution is 2.17. The van der Waals surface area contributed by atoms with E-state index in [1.807, 2.05) is 13.1 Å². The van der Waals surface area contributed by atoms with Crippen molar-refractivity contribution in [1.82, 2.24) is 15.1 Å². The summed E-state index contributed by atoms with van der Waals surface area (Å²) in [4.78, 5) is 10.7. The molecule has 1 aliphatic rings. The van der Waals surface area contributed by atoms with E-state index in [-0.39, 0.29) is 0 Å². The Morgan fingerprint density at radius 2 is 2.33 bits per heavy atom. The lowest BCUT2D eigenvalue weighted by atomic mass is 9.93. The van der Waals surface area contributed by atoms with Gasteiger partial charge in [-0.2, -0.15) is 5.10 Å². The maximum absolute atomic E-state index is 10.7. The van der Waals surface area contributed by atoms with E-state index in [0.29, 0.717) is 5.69 Å². The average molecular weight is 207 g/mol. The van der Waals surface area contributed by atoms with Crippen LogP contribution in [-0.4, -0.2) is 29.2 Å². The number of carbonyl (C=O) groups is 1. The maximum Gasteiger partial charge on any atom is 0.168 e. The summed E-state index contributed by atoms with van der Waals surface area (Å²) < 4.78 is 1.66. The number of aryl methyl sites for hydroxylation is 1. The van der Waals surface area contributed by atoms with Crippen LogP contribution in [0.5, 0.6) is 0 Å². The zero-order valence-corrected chi connectivity index (χ0v) is 9.07. The number of aromatic nitrogens is 2. The molecular formula is C11H17N3O. The smallest absolute Gasteiger partial charge is 0.168 e. The van der Waals surface area contributed by atoms with E-state index in [0.717, 1.165) is 37.4 Å².